The van der Waals surface area contributed by atoms with Crippen molar-refractivity contribution >= 4 is 17.7 Å². The number of anilines is 1. The Morgan fingerprint density at radius 2 is 2.00 bits per heavy atom. The highest BCUT2D eigenvalue weighted by Gasteiger charge is 2.22. The van der Waals surface area contributed by atoms with Gasteiger partial charge in [-0.2, -0.15) is 5.10 Å². The zero-order chi connectivity index (χ0) is 13.9. The molecule has 18 heavy (non-hydrogen) atoms. The molecule has 1 N–H and O–H groups in total. The molecule has 100 valence electrons. The van der Waals surface area contributed by atoms with Gasteiger partial charge in [-0.25, -0.2) is 9.59 Å². The molecule has 0 radical (unpaired) electrons. The molecule has 0 atom stereocenters. The Morgan fingerprint density at radius 1 is 1.39 bits per heavy atom. The van der Waals surface area contributed by atoms with Crippen molar-refractivity contribution in [3.63, 3.8) is 0 Å². The maximum atomic E-state index is 11.6. The molecule has 0 fully saturated rings. The molecule has 0 aliphatic carbocycles. The molecule has 0 unspecified atom stereocenters. The fourth-order valence-electron chi connectivity index (χ4n) is 1.28. The van der Waals surface area contributed by atoms with Crippen LogP contribution >= 0.6 is 0 Å². The number of aryl methyl sites for hydroxylation is 1. The van der Waals surface area contributed by atoms with Gasteiger partial charge < -0.3 is 9.47 Å². The zero-order valence-corrected chi connectivity index (χ0v) is 11.1. The molecule has 0 aliphatic rings. The van der Waals surface area contributed by atoms with Crippen LogP contribution in [0.2, 0.25) is 0 Å². The number of hydrogen-bond donors (Lipinski definition) is 1. The van der Waals surface area contributed by atoms with Gasteiger partial charge >= 0.3 is 12.1 Å². The van der Waals surface area contributed by atoms with Crippen LogP contribution in [0.15, 0.2) is 6.20 Å². The van der Waals surface area contributed by atoms with Gasteiger partial charge in [-0.15, -0.1) is 0 Å². The summed E-state index contributed by atoms with van der Waals surface area (Å²) in [7, 11) is 2.83. The van der Waals surface area contributed by atoms with Crippen LogP contribution < -0.4 is 5.32 Å². The monoisotopic (exact) mass is 255 g/mol. The van der Waals surface area contributed by atoms with Gasteiger partial charge in [0.1, 0.15) is 5.60 Å². The van der Waals surface area contributed by atoms with Crippen molar-refractivity contribution < 1.29 is 19.1 Å². The maximum absolute atomic E-state index is 11.6. The first kappa shape index (κ1) is 14.0. The molecule has 1 aromatic heterocycles. The summed E-state index contributed by atoms with van der Waals surface area (Å²) in [5.74, 6) is -0.582. The lowest BCUT2D eigenvalue weighted by Gasteiger charge is -2.19. The van der Waals surface area contributed by atoms with E-state index >= 15 is 0 Å². The quantitative estimate of drug-likeness (QED) is 0.811. The van der Waals surface area contributed by atoms with Gasteiger partial charge in [-0.1, -0.05) is 0 Å². The van der Waals surface area contributed by atoms with Gasteiger partial charge in [-0.3, -0.25) is 10.00 Å². The third-order valence-electron chi connectivity index (χ3n) is 1.95. The predicted octanol–water partition coefficient (Wildman–Crippen LogP) is 1.55. The van der Waals surface area contributed by atoms with Gasteiger partial charge in [-0.05, 0) is 20.8 Å². The van der Waals surface area contributed by atoms with Crippen molar-refractivity contribution in [2.75, 3.05) is 12.4 Å². The second-order valence-corrected chi connectivity index (χ2v) is 4.65. The van der Waals surface area contributed by atoms with Crippen LogP contribution in [-0.2, 0) is 16.5 Å². The Bertz CT molecular complexity index is 459. The van der Waals surface area contributed by atoms with Gasteiger partial charge in [0.25, 0.3) is 0 Å². The van der Waals surface area contributed by atoms with Crippen LogP contribution in [0, 0.1) is 0 Å². The van der Waals surface area contributed by atoms with E-state index in [-0.39, 0.29) is 11.4 Å². The lowest BCUT2D eigenvalue weighted by atomic mass is 10.2. The first-order valence-corrected chi connectivity index (χ1v) is 5.35. The van der Waals surface area contributed by atoms with Crippen molar-refractivity contribution in [3.8, 4) is 0 Å². The van der Waals surface area contributed by atoms with Gasteiger partial charge in [0.05, 0.1) is 19.0 Å². The summed E-state index contributed by atoms with van der Waals surface area (Å²) in [6.07, 6.45) is 0.705. The number of hydrogen-bond acceptors (Lipinski definition) is 5. The molecular formula is C11H17N3O4. The van der Waals surface area contributed by atoms with Crippen LogP contribution in [0.3, 0.4) is 0 Å². The first-order chi connectivity index (χ1) is 8.24. The van der Waals surface area contributed by atoms with Crippen LogP contribution in [-0.4, -0.2) is 34.6 Å². The second-order valence-electron chi connectivity index (χ2n) is 4.65. The molecular weight excluding hydrogens is 238 g/mol. The number of carbonyl (C=O) groups excluding carboxylic acids is 2. The van der Waals surface area contributed by atoms with Crippen LogP contribution in [0.5, 0.6) is 0 Å². The summed E-state index contributed by atoms with van der Waals surface area (Å²) < 4.78 is 11.0. The lowest BCUT2D eigenvalue weighted by Crippen LogP contribution is -2.27. The summed E-state index contributed by atoms with van der Waals surface area (Å²) in [6, 6.07) is 0. The minimum Gasteiger partial charge on any atom is -0.464 e. The highest BCUT2D eigenvalue weighted by Crippen LogP contribution is 2.16. The van der Waals surface area contributed by atoms with E-state index in [1.165, 1.54) is 18.0 Å². The highest BCUT2D eigenvalue weighted by molar-refractivity contribution is 5.98. The normalized spacial score (nSPS) is 10.9. The van der Waals surface area contributed by atoms with Gasteiger partial charge in [0.15, 0.2) is 5.69 Å². The lowest BCUT2D eigenvalue weighted by molar-refractivity contribution is 0.0589. The number of esters is 1. The second kappa shape index (κ2) is 5.07. The summed E-state index contributed by atoms with van der Waals surface area (Å²) in [6.45, 7) is 5.24. The van der Waals surface area contributed by atoms with Crippen molar-refractivity contribution in [3.05, 3.63) is 11.9 Å². The molecule has 7 nitrogen and oxygen atoms in total. The number of rotatable bonds is 2. The van der Waals surface area contributed by atoms with E-state index in [0.717, 1.165) is 0 Å². The van der Waals surface area contributed by atoms with E-state index in [9.17, 15) is 9.59 Å². The summed E-state index contributed by atoms with van der Waals surface area (Å²) in [4.78, 5) is 23.1. The average Bonchev–Trinajstić information content (AvgIpc) is 2.56. The number of ether oxygens (including phenoxy) is 2. The number of carbonyl (C=O) groups is 2. The van der Waals surface area contributed by atoms with Crippen molar-refractivity contribution in [2.24, 2.45) is 7.05 Å². The summed E-state index contributed by atoms with van der Waals surface area (Å²) in [5, 5.41) is 6.34. The molecule has 0 saturated heterocycles. The zero-order valence-electron chi connectivity index (χ0n) is 11.1. The Balaban J connectivity index is 2.86. The van der Waals surface area contributed by atoms with E-state index in [1.54, 1.807) is 27.8 Å². The number of aromatic nitrogens is 2. The van der Waals surface area contributed by atoms with E-state index < -0.39 is 17.7 Å². The Labute approximate surface area is 105 Å². The Kier molecular flexibility index (Phi) is 3.95. The van der Waals surface area contributed by atoms with E-state index in [4.69, 9.17) is 4.74 Å². The van der Waals surface area contributed by atoms with Crippen LogP contribution in [0.25, 0.3) is 0 Å². The van der Waals surface area contributed by atoms with Crippen molar-refractivity contribution in [2.45, 2.75) is 26.4 Å². The molecule has 1 rings (SSSR count). The molecule has 1 aromatic rings. The number of methoxy groups -OCH3 is 1. The molecule has 0 bridgehead atoms. The molecule has 7 heteroatoms. The minimum atomic E-state index is -0.652. The standard InChI is InChI=1S/C11H17N3O4/c1-11(2,3)18-10(16)13-7-6-12-14(4)8(7)9(15)17-5/h6H,1-5H3,(H,13,16). The third kappa shape index (κ3) is 3.47. The number of amides is 1. The van der Waals surface area contributed by atoms with Crippen LogP contribution in [0.4, 0.5) is 10.5 Å². The minimum absolute atomic E-state index is 0.156. The van der Waals surface area contributed by atoms with E-state index in [1.807, 2.05) is 0 Å². The van der Waals surface area contributed by atoms with Gasteiger partial charge in [0, 0.05) is 7.05 Å². The third-order valence-corrected chi connectivity index (χ3v) is 1.95. The Hall–Kier alpha value is -2.05. The predicted molar refractivity (Wildman–Crippen MR) is 64.4 cm³/mol. The van der Waals surface area contributed by atoms with Crippen LogP contribution in [0.1, 0.15) is 31.3 Å². The SMILES string of the molecule is COC(=O)c1c(NC(=O)OC(C)(C)C)cnn1C. The summed E-state index contributed by atoms with van der Waals surface area (Å²) in [5.41, 5.74) is -0.209. The van der Waals surface area contributed by atoms with E-state index in [0.29, 0.717) is 0 Å². The van der Waals surface area contributed by atoms with Gasteiger partial charge in [0.2, 0.25) is 0 Å². The molecule has 0 aromatic carbocycles. The molecule has 1 heterocycles. The molecule has 0 aliphatic heterocycles. The van der Waals surface area contributed by atoms with Crippen molar-refractivity contribution in [1.82, 2.24) is 9.78 Å². The smallest absolute Gasteiger partial charge is 0.412 e. The number of nitrogens with zero attached hydrogens (tertiary/aromatic N) is 2. The fourth-order valence-corrected chi connectivity index (χ4v) is 1.28. The highest BCUT2D eigenvalue weighted by atomic mass is 16.6. The van der Waals surface area contributed by atoms with Crippen molar-refractivity contribution in [1.29, 1.82) is 0 Å². The maximum Gasteiger partial charge on any atom is 0.412 e. The van der Waals surface area contributed by atoms with E-state index in [2.05, 4.69) is 15.2 Å². The Morgan fingerprint density at radius 3 is 2.50 bits per heavy atom. The molecule has 1 amide bonds. The topological polar surface area (TPSA) is 82.4 Å². The average molecular weight is 255 g/mol. The number of nitrogens with one attached hydrogen (secondary N) is 1. The first-order valence-electron chi connectivity index (χ1n) is 5.35. The summed E-state index contributed by atoms with van der Waals surface area (Å²) >= 11 is 0. The molecule has 0 saturated carbocycles. The molecule has 0 spiro atoms. The fraction of sp³-hybridized carbons (Fsp3) is 0.545. The largest absolute Gasteiger partial charge is 0.464 e.